The van der Waals surface area contributed by atoms with Crippen LogP contribution in [-0.4, -0.2) is 37.4 Å². The van der Waals surface area contributed by atoms with Gasteiger partial charge in [-0.15, -0.1) is 11.3 Å². The second-order valence-electron chi connectivity index (χ2n) is 5.18. The number of oxime groups is 1. The van der Waals surface area contributed by atoms with Crippen LogP contribution in [0.25, 0.3) is 0 Å². The van der Waals surface area contributed by atoms with E-state index in [4.69, 9.17) is 4.84 Å². The minimum atomic E-state index is -3.26. The number of thiazole rings is 1. The molecule has 1 amide bonds. The smallest absolute Gasteiger partial charge is 0.280 e. The number of nitrogens with one attached hydrogen (secondary N) is 1. The lowest BCUT2D eigenvalue weighted by Crippen LogP contribution is -2.24. The summed E-state index contributed by atoms with van der Waals surface area (Å²) in [6, 6.07) is 6.08. The summed E-state index contributed by atoms with van der Waals surface area (Å²) in [6.07, 6.45) is 2.98. The van der Waals surface area contributed by atoms with E-state index >= 15 is 0 Å². The molecule has 1 aliphatic rings. The number of sulfone groups is 1. The Morgan fingerprint density at radius 2 is 2.04 bits per heavy atom. The van der Waals surface area contributed by atoms with Crippen LogP contribution in [0.4, 0.5) is 5.13 Å². The number of nitrogens with zero attached hydrogens (tertiary/aromatic N) is 2. The number of hydrogen-bond acceptors (Lipinski definition) is 7. The van der Waals surface area contributed by atoms with Crippen molar-refractivity contribution in [3.8, 4) is 0 Å². The maximum Gasteiger partial charge on any atom is 0.280 e. The van der Waals surface area contributed by atoms with Crippen molar-refractivity contribution in [3.05, 3.63) is 41.4 Å². The van der Waals surface area contributed by atoms with E-state index in [0.717, 1.165) is 0 Å². The van der Waals surface area contributed by atoms with Crippen molar-refractivity contribution in [1.82, 2.24) is 4.98 Å². The van der Waals surface area contributed by atoms with E-state index in [0.29, 0.717) is 23.5 Å². The van der Waals surface area contributed by atoms with E-state index in [2.05, 4.69) is 15.5 Å². The highest BCUT2D eigenvalue weighted by atomic mass is 32.2. The first kappa shape index (κ1) is 16.6. The first-order chi connectivity index (χ1) is 11.5. The summed E-state index contributed by atoms with van der Waals surface area (Å²) < 4.78 is 24.4. The molecule has 2 aromatic rings. The molecule has 0 saturated heterocycles. The molecule has 0 radical (unpaired) electrons. The average molecular weight is 365 g/mol. The van der Waals surface area contributed by atoms with Crippen molar-refractivity contribution in [2.45, 2.75) is 23.0 Å². The summed E-state index contributed by atoms with van der Waals surface area (Å²) in [4.78, 5) is 21.3. The van der Waals surface area contributed by atoms with Gasteiger partial charge in [-0.1, -0.05) is 17.3 Å². The highest BCUT2D eigenvalue weighted by Crippen LogP contribution is 2.33. The number of carbonyl (C=O) groups is 1. The van der Waals surface area contributed by atoms with Gasteiger partial charge in [0.05, 0.1) is 10.1 Å². The second-order valence-corrected chi connectivity index (χ2v) is 8.31. The Labute approximate surface area is 143 Å². The van der Waals surface area contributed by atoms with Crippen LogP contribution in [0.15, 0.2) is 45.9 Å². The number of amides is 1. The molecule has 24 heavy (non-hydrogen) atoms. The van der Waals surface area contributed by atoms with Crippen LogP contribution < -0.4 is 5.32 Å². The monoisotopic (exact) mass is 365 g/mol. The molecule has 0 aliphatic heterocycles. The zero-order chi connectivity index (χ0) is 17.2. The number of hydrogen-bond donors (Lipinski definition) is 1. The van der Waals surface area contributed by atoms with Crippen LogP contribution in [0.1, 0.15) is 18.4 Å². The molecular formula is C15H15N3O4S2. The molecule has 1 aliphatic carbocycles. The molecule has 1 heterocycles. The van der Waals surface area contributed by atoms with Crippen molar-refractivity contribution in [2.24, 2.45) is 5.16 Å². The van der Waals surface area contributed by atoms with Crippen LogP contribution in [-0.2, 0) is 19.5 Å². The molecule has 9 heteroatoms. The molecule has 0 atom stereocenters. The summed E-state index contributed by atoms with van der Waals surface area (Å²) in [7, 11) is -1.93. The predicted octanol–water partition coefficient (Wildman–Crippen LogP) is 2.07. The first-order valence-electron chi connectivity index (χ1n) is 7.18. The standard InChI is InChI=1S/C15H15N3O4S2/c1-22-18-13(14(19)17-15-16-8-9-23-15)10-2-4-11(5-3-10)24(20,21)12-6-7-12/h2-5,8-9,12H,6-7H2,1H3,(H,16,17,19). The van der Waals surface area contributed by atoms with E-state index in [1.807, 2.05) is 0 Å². The fraction of sp³-hybridized carbons (Fsp3) is 0.267. The molecular weight excluding hydrogens is 350 g/mol. The van der Waals surface area contributed by atoms with Gasteiger partial charge in [0.25, 0.3) is 5.91 Å². The Kier molecular flexibility index (Phi) is 4.63. The van der Waals surface area contributed by atoms with Gasteiger partial charge in [0.2, 0.25) is 0 Å². The van der Waals surface area contributed by atoms with E-state index in [1.165, 1.54) is 30.6 Å². The summed E-state index contributed by atoms with van der Waals surface area (Å²) >= 11 is 1.28. The van der Waals surface area contributed by atoms with Crippen LogP contribution in [0, 0.1) is 0 Å². The van der Waals surface area contributed by atoms with Gasteiger partial charge in [0.1, 0.15) is 7.11 Å². The lowest BCUT2D eigenvalue weighted by Gasteiger charge is -2.07. The molecule has 0 bridgehead atoms. The quantitative estimate of drug-likeness (QED) is 0.624. The third-order valence-electron chi connectivity index (χ3n) is 3.47. The van der Waals surface area contributed by atoms with E-state index in [9.17, 15) is 13.2 Å². The molecule has 1 aromatic heterocycles. The number of aromatic nitrogens is 1. The summed E-state index contributed by atoms with van der Waals surface area (Å²) in [5.41, 5.74) is 0.503. The summed E-state index contributed by atoms with van der Waals surface area (Å²) in [6.45, 7) is 0. The predicted molar refractivity (Wildman–Crippen MR) is 90.9 cm³/mol. The van der Waals surface area contributed by atoms with Gasteiger partial charge in [-0.05, 0) is 25.0 Å². The van der Waals surface area contributed by atoms with Gasteiger partial charge in [-0.2, -0.15) is 0 Å². The van der Waals surface area contributed by atoms with Gasteiger partial charge >= 0.3 is 0 Å². The first-order valence-corrected chi connectivity index (χ1v) is 9.61. The zero-order valence-corrected chi connectivity index (χ0v) is 14.4. The third-order valence-corrected chi connectivity index (χ3v) is 6.44. The molecule has 7 nitrogen and oxygen atoms in total. The molecule has 0 unspecified atom stereocenters. The summed E-state index contributed by atoms with van der Waals surface area (Å²) in [5, 5.41) is 8.27. The van der Waals surface area contributed by atoms with Crippen LogP contribution in [0.5, 0.6) is 0 Å². The SMILES string of the molecule is CON=C(C(=O)Nc1nccs1)c1ccc(S(=O)(=O)C2CC2)cc1. The minimum Gasteiger partial charge on any atom is -0.398 e. The van der Waals surface area contributed by atoms with E-state index in [-0.39, 0.29) is 15.9 Å². The average Bonchev–Trinajstić information content (AvgIpc) is 3.32. The van der Waals surface area contributed by atoms with Gasteiger partial charge in [-0.3, -0.25) is 10.1 Å². The lowest BCUT2D eigenvalue weighted by atomic mass is 10.1. The fourth-order valence-electron chi connectivity index (χ4n) is 2.13. The highest BCUT2D eigenvalue weighted by Gasteiger charge is 2.36. The van der Waals surface area contributed by atoms with Crippen molar-refractivity contribution in [2.75, 3.05) is 12.4 Å². The van der Waals surface area contributed by atoms with E-state index < -0.39 is 15.7 Å². The topological polar surface area (TPSA) is 97.7 Å². The molecule has 126 valence electrons. The fourth-order valence-corrected chi connectivity index (χ4v) is 4.31. The Morgan fingerprint density at radius 3 is 2.58 bits per heavy atom. The Balaban J connectivity index is 1.84. The number of anilines is 1. The highest BCUT2D eigenvalue weighted by molar-refractivity contribution is 7.92. The molecule has 1 saturated carbocycles. The Hall–Kier alpha value is -2.26. The molecule has 3 rings (SSSR count). The Morgan fingerprint density at radius 1 is 1.33 bits per heavy atom. The normalized spacial score (nSPS) is 15.1. The molecule has 0 spiro atoms. The lowest BCUT2D eigenvalue weighted by molar-refractivity contribution is -0.110. The van der Waals surface area contributed by atoms with Gasteiger partial charge in [-0.25, -0.2) is 13.4 Å². The van der Waals surface area contributed by atoms with Crippen LogP contribution in [0.3, 0.4) is 0 Å². The summed E-state index contributed by atoms with van der Waals surface area (Å²) in [5.74, 6) is -0.482. The van der Waals surface area contributed by atoms with Crippen molar-refractivity contribution in [3.63, 3.8) is 0 Å². The number of rotatable bonds is 6. The van der Waals surface area contributed by atoms with E-state index in [1.54, 1.807) is 23.7 Å². The largest absolute Gasteiger partial charge is 0.398 e. The molecule has 1 N–H and O–H groups in total. The van der Waals surface area contributed by atoms with Crippen LogP contribution in [0.2, 0.25) is 0 Å². The molecule has 1 aromatic carbocycles. The zero-order valence-electron chi connectivity index (χ0n) is 12.8. The van der Waals surface area contributed by atoms with Gasteiger partial charge < -0.3 is 4.84 Å². The minimum absolute atomic E-state index is 0.0445. The van der Waals surface area contributed by atoms with Crippen molar-refractivity contribution < 1.29 is 18.0 Å². The third kappa shape index (κ3) is 3.46. The maximum absolute atomic E-state index is 12.3. The second kappa shape index (κ2) is 6.70. The van der Waals surface area contributed by atoms with Gasteiger partial charge in [0, 0.05) is 17.1 Å². The van der Waals surface area contributed by atoms with Gasteiger partial charge in [0.15, 0.2) is 20.7 Å². The Bertz CT molecular complexity index is 855. The molecule has 1 fully saturated rings. The number of carbonyl (C=O) groups excluding carboxylic acids is 1. The van der Waals surface area contributed by atoms with Crippen LogP contribution >= 0.6 is 11.3 Å². The maximum atomic E-state index is 12.3. The van der Waals surface area contributed by atoms with Crippen molar-refractivity contribution >= 4 is 37.9 Å². The number of benzene rings is 1. The van der Waals surface area contributed by atoms with Crippen molar-refractivity contribution in [1.29, 1.82) is 0 Å².